The summed E-state index contributed by atoms with van der Waals surface area (Å²) in [5.74, 6) is 0.797. The molecule has 2 heterocycles. The zero-order valence-electron chi connectivity index (χ0n) is 15.3. The van der Waals surface area contributed by atoms with Gasteiger partial charge >= 0.3 is 0 Å². The summed E-state index contributed by atoms with van der Waals surface area (Å²) in [6, 6.07) is 5.41. The van der Waals surface area contributed by atoms with Crippen LogP contribution in [0.3, 0.4) is 0 Å². The third-order valence-electron chi connectivity index (χ3n) is 3.22. The fourth-order valence-corrected chi connectivity index (χ4v) is 3.78. The Morgan fingerprint density at radius 3 is 2.48 bits per heavy atom. The van der Waals surface area contributed by atoms with Crippen molar-refractivity contribution in [3.63, 3.8) is 0 Å². The third-order valence-corrected chi connectivity index (χ3v) is 5.22. The van der Waals surface area contributed by atoms with Crippen molar-refractivity contribution in [2.45, 2.75) is 32.1 Å². The normalized spacial score (nSPS) is 12.7. The first-order chi connectivity index (χ1) is 13.0. The lowest BCUT2D eigenvalue weighted by molar-refractivity contribution is 1.12. The van der Waals surface area contributed by atoms with E-state index in [0.717, 1.165) is 27.6 Å². The number of nitrogen functional groups attached to an aromatic ring is 1. The molecule has 0 spiro atoms. The van der Waals surface area contributed by atoms with Crippen molar-refractivity contribution in [1.29, 1.82) is 0 Å². The lowest BCUT2D eigenvalue weighted by Crippen LogP contribution is -2.01. The lowest BCUT2D eigenvalue weighted by Gasteiger charge is -2.12. The molecule has 0 saturated heterocycles. The van der Waals surface area contributed by atoms with Crippen molar-refractivity contribution >= 4 is 58.6 Å². The first-order valence-corrected chi connectivity index (χ1v) is 10.0. The predicted octanol–water partition coefficient (Wildman–Crippen LogP) is 6.41. The van der Waals surface area contributed by atoms with E-state index < -0.39 is 0 Å². The number of nitrogens with zero attached hydrogens (tertiary/aromatic N) is 3. The number of aromatic nitrogens is 2. The van der Waals surface area contributed by atoms with E-state index in [1.807, 2.05) is 33.1 Å². The molecule has 27 heavy (non-hydrogen) atoms. The maximum Gasteiger partial charge on any atom is 0.222 e. The van der Waals surface area contributed by atoms with Gasteiger partial charge in [0.2, 0.25) is 5.95 Å². The standard InChI is InChI=1S/C17H15Cl2N5S.C2H6/c1-10-7-15(24-17(20)22-10)23-11-8-13(18)16(14(19)9-11)25-12-3-2-5-21-6-4-12;1-2/h3-9H,2H2,1H3,(H3,20,22,23,24);1-2H3. The van der Waals surface area contributed by atoms with E-state index in [9.17, 15) is 0 Å². The molecule has 3 N–H and O–H groups in total. The van der Waals surface area contributed by atoms with E-state index >= 15 is 0 Å². The molecule has 0 aliphatic carbocycles. The number of thioether (sulfide) groups is 1. The second-order valence-corrected chi connectivity index (χ2v) is 7.14. The molecule has 0 atom stereocenters. The Labute approximate surface area is 173 Å². The van der Waals surface area contributed by atoms with Gasteiger partial charge in [0.15, 0.2) is 0 Å². The van der Waals surface area contributed by atoms with Crippen molar-refractivity contribution in [3.8, 4) is 0 Å². The van der Waals surface area contributed by atoms with Crippen LogP contribution in [0.25, 0.3) is 0 Å². The molecule has 1 aromatic heterocycles. The highest BCUT2D eigenvalue weighted by atomic mass is 35.5. The zero-order chi connectivity index (χ0) is 19.8. The van der Waals surface area contributed by atoms with E-state index in [-0.39, 0.29) is 5.95 Å². The molecule has 0 unspecified atom stereocenters. The van der Waals surface area contributed by atoms with Gasteiger partial charge in [0, 0.05) is 46.1 Å². The van der Waals surface area contributed by atoms with Crippen molar-refractivity contribution < 1.29 is 0 Å². The Bertz CT molecular complexity index is 850. The Morgan fingerprint density at radius 2 is 1.81 bits per heavy atom. The maximum atomic E-state index is 6.44. The van der Waals surface area contributed by atoms with Gasteiger partial charge in [-0.15, -0.1) is 0 Å². The topological polar surface area (TPSA) is 76.2 Å². The van der Waals surface area contributed by atoms with Crippen LogP contribution in [-0.2, 0) is 0 Å². The molecule has 142 valence electrons. The van der Waals surface area contributed by atoms with E-state index in [1.165, 1.54) is 11.8 Å². The number of nitrogens with two attached hydrogens (primary N) is 1. The Balaban J connectivity index is 0.00000126. The van der Waals surface area contributed by atoms with Crippen LogP contribution in [0.2, 0.25) is 10.0 Å². The molecule has 1 aliphatic rings. The number of hydrogen-bond donors (Lipinski definition) is 2. The summed E-state index contributed by atoms with van der Waals surface area (Å²) < 4.78 is 0. The fourth-order valence-electron chi connectivity index (χ4n) is 2.20. The first-order valence-electron chi connectivity index (χ1n) is 8.44. The highest BCUT2D eigenvalue weighted by Gasteiger charge is 2.12. The SMILES string of the molecule is CC.Cc1cc(Nc2cc(Cl)c(SC3=CCC=NC=C3)c(Cl)c2)nc(N)n1. The average Bonchev–Trinajstić information content (AvgIpc) is 2.88. The molecular weight excluding hydrogens is 401 g/mol. The quantitative estimate of drug-likeness (QED) is 0.596. The van der Waals surface area contributed by atoms with Gasteiger partial charge in [0.1, 0.15) is 5.82 Å². The Morgan fingerprint density at radius 1 is 1.11 bits per heavy atom. The van der Waals surface area contributed by atoms with Gasteiger partial charge in [0.25, 0.3) is 0 Å². The molecule has 0 saturated carbocycles. The minimum absolute atomic E-state index is 0.209. The summed E-state index contributed by atoms with van der Waals surface area (Å²) in [7, 11) is 0. The van der Waals surface area contributed by atoms with Crippen LogP contribution >= 0.6 is 35.0 Å². The number of benzene rings is 1. The highest BCUT2D eigenvalue weighted by molar-refractivity contribution is 8.03. The summed E-state index contributed by atoms with van der Waals surface area (Å²) in [6.45, 7) is 5.85. The second kappa shape index (κ2) is 10.3. The third kappa shape index (κ3) is 6.27. The Hall–Kier alpha value is -2.02. The monoisotopic (exact) mass is 421 g/mol. The van der Waals surface area contributed by atoms with Crippen LogP contribution in [0, 0.1) is 6.92 Å². The van der Waals surface area contributed by atoms with Crippen LogP contribution in [0.15, 0.2) is 51.3 Å². The minimum Gasteiger partial charge on any atom is -0.368 e. The number of aryl methyl sites for hydroxylation is 1. The average molecular weight is 422 g/mol. The summed E-state index contributed by atoms with van der Waals surface area (Å²) in [5.41, 5.74) is 7.17. The molecular formula is C19H21Cl2N5S. The second-order valence-electron chi connectivity index (χ2n) is 5.24. The first kappa shape index (κ1) is 21.3. The number of rotatable bonds is 4. The molecule has 3 rings (SSSR count). The van der Waals surface area contributed by atoms with Crippen LogP contribution in [0.5, 0.6) is 0 Å². The van der Waals surface area contributed by atoms with Crippen molar-refractivity contribution in [2.24, 2.45) is 4.99 Å². The van der Waals surface area contributed by atoms with Crippen LogP contribution in [0.1, 0.15) is 26.0 Å². The molecule has 8 heteroatoms. The molecule has 5 nitrogen and oxygen atoms in total. The fraction of sp³-hybridized carbons (Fsp3) is 0.211. The smallest absolute Gasteiger partial charge is 0.222 e. The highest BCUT2D eigenvalue weighted by Crippen LogP contribution is 2.41. The van der Waals surface area contributed by atoms with E-state index in [0.29, 0.717) is 15.9 Å². The van der Waals surface area contributed by atoms with Crippen LogP contribution in [-0.4, -0.2) is 16.2 Å². The van der Waals surface area contributed by atoms with Crippen molar-refractivity contribution in [1.82, 2.24) is 9.97 Å². The lowest BCUT2D eigenvalue weighted by atomic mass is 10.3. The zero-order valence-corrected chi connectivity index (χ0v) is 17.7. The molecule has 0 amide bonds. The van der Waals surface area contributed by atoms with Gasteiger partial charge in [-0.1, -0.05) is 54.9 Å². The van der Waals surface area contributed by atoms with E-state index in [2.05, 4.69) is 26.4 Å². The molecule has 0 fully saturated rings. The van der Waals surface area contributed by atoms with Gasteiger partial charge in [-0.3, -0.25) is 4.99 Å². The number of hydrogen-bond acceptors (Lipinski definition) is 6. The van der Waals surface area contributed by atoms with E-state index in [1.54, 1.807) is 24.4 Å². The summed E-state index contributed by atoms with van der Waals surface area (Å²) >= 11 is 14.4. The maximum absolute atomic E-state index is 6.44. The molecule has 0 radical (unpaired) electrons. The molecule has 1 aliphatic heterocycles. The van der Waals surface area contributed by atoms with Gasteiger partial charge in [-0.25, -0.2) is 4.98 Å². The predicted molar refractivity (Wildman–Crippen MR) is 118 cm³/mol. The summed E-state index contributed by atoms with van der Waals surface area (Å²) in [5, 5.41) is 4.26. The van der Waals surface area contributed by atoms with Crippen LogP contribution < -0.4 is 11.1 Å². The number of halogens is 2. The van der Waals surface area contributed by atoms with Gasteiger partial charge in [-0.05, 0) is 25.1 Å². The number of aliphatic imine (C=N–C) groups is 1. The van der Waals surface area contributed by atoms with Crippen molar-refractivity contribution in [3.05, 3.63) is 57.2 Å². The molecule has 0 bridgehead atoms. The minimum atomic E-state index is 0.209. The Kier molecular flexibility index (Phi) is 8.16. The van der Waals surface area contributed by atoms with Gasteiger partial charge < -0.3 is 11.1 Å². The molecule has 2 aromatic rings. The number of allylic oxidation sites excluding steroid dienone is 2. The molecule has 1 aromatic carbocycles. The largest absolute Gasteiger partial charge is 0.368 e. The van der Waals surface area contributed by atoms with Gasteiger partial charge in [0.05, 0.1) is 10.0 Å². The number of anilines is 3. The van der Waals surface area contributed by atoms with Crippen LogP contribution in [0.4, 0.5) is 17.5 Å². The number of nitrogens with one attached hydrogen (secondary N) is 1. The van der Waals surface area contributed by atoms with Crippen molar-refractivity contribution in [2.75, 3.05) is 11.1 Å². The van der Waals surface area contributed by atoms with Gasteiger partial charge in [-0.2, -0.15) is 4.98 Å². The summed E-state index contributed by atoms with van der Waals surface area (Å²) in [4.78, 5) is 14.1. The summed E-state index contributed by atoms with van der Waals surface area (Å²) in [6.07, 6.45) is 8.38. The van der Waals surface area contributed by atoms with E-state index in [4.69, 9.17) is 28.9 Å².